The molecule has 1 aromatic rings. The summed E-state index contributed by atoms with van der Waals surface area (Å²) >= 11 is 5.94. The Hall–Kier alpha value is -0.910. The van der Waals surface area contributed by atoms with Crippen molar-refractivity contribution in [3.8, 4) is 5.75 Å². The molecule has 1 atom stereocenters. The molecule has 6 heteroatoms. The van der Waals surface area contributed by atoms with Gasteiger partial charge in [0.25, 0.3) is 0 Å². The Morgan fingerprint density at radius 1 is 1.56 bits per heavy atom. The molecule has 0 aliphatic carbocycles. The molecule has 0 amide bonds. The van der Waals surface area contributed by atoms with E-state index in [0.29, 0.717) is 29.7 Å². The smallest absolute Gasteiger partial charge is 0.180 e. The highest BCUT2D eigenvalue weighted by molar-refractivity contribution is 6.30. The molecule has 1 unspecified atom stereocenters. The molecule has 2 rings (SSSR count). The zero-order valence-electron chi connectivity index (χ0n) is 9.07. The third kappa shape index (κ3) is 2.42. The van der Waals surface area contributed by atoms with Crippen molar-refractivity contribution >= 4 is 11.6 Å². The van der Waals surface area contributed by atoms with E-state index in [1.54, 1.807) is 7.11 Å². The summed E-state index contributed by atoms with van der Waals surface area (Å²) in [6, 6.07) is 0. The van der Waals surface area contributed by atoms with Crippen LogP contribution in [0.3, 0.4) is 0 Å². The number of ether oxygens (including phenoxy) is 2. The molecule has 1 aliphatic heterocycles. The Bertz CT molecular complexity index is 354. The van der Waals surface area contributed by atoms with Gasteiger partial charge in [0.1, 0.15) is 18.1 Å². The molecule has 0 saturated carbocycles. The normalized spacial score (nSPS) is 21.5. The lowest BCUT2D eigenvalue weighted by Gasteiger charge is -2.17. The van der Waals surface area contributed by atoms with Gasteiger partial charge in [-0.1, -0.05) is 11.6 Å². The number of hydrogen-bond acceptors (Lipinski definition) is 5. The van der Waals surface area contributed by atoms with Gasteiger partial charge in [-0.05, 0) is 13.0 Å². The van der Waals surface area contributed by atoms with E-state index in [2.05, 4.69) is 15.3 Å². The minimum Gasteiger partial charge on any atom is -0.492 e. The van der Waals surface area contributed by atoms with E-state index in [9.17, 15) is 0 Å². The maximum absolute atomic E-state index is 5.94. The third-order valence-electron chi connectivity index (χ3n) is 2.44. The fourth-order valence-electron chi connectivity index (χ4n) is 1.67. The predicted molar refractivity (Wildman–Crippen MR) is 59.8 cm³/mol. The van der Waals surface area contributed by atoms with Crippen LogP contribution in [0, 0.1) is 0 Å². The van der Waals surface area contributed by atoms with Crippen molar-refractivity contribution < 1.29 is 9.47 Å². The Kier molecular flexibility index (Phi) is 3.93. The second-order valence-electron chi connectivity index (χ2n) is 3.50. The van der Waals surface area contributed by atoms with Crippen LogP contribution in [0.1, 0.15) is 18.2 Å². The summed E-state index contributed by atoms with van der Waals surface area (Å²) in [7, 11) is 1.55. The standard InChI is InChI=1S/C10H14ClN3O2/c1-15-9-8(13-6-14-10(9)11)7-5-12-3-2-4-16-7/h6-7,12H,2-5H2,1H3. The molecule has 2 heterocycles. The van der Waals surface area contributed by atoms with E-state index in [-0.39, 0.29) is 6.10 Å². The van der Waals surface area contributed by atoms with Crippen LogP contribution in [0.15, 0.2) is 6.33 Å². The van der Waals surface area contributed by atoms with Crippen molar-refractivity contribution in [2.24, 2.45) is 0 Å². The molecule has 5 nitrogen and oxygen atoms in total. The zero-order valence-corrected chi connectivity index (χ0v) is 9.83. The van der Waals surface area contributed by atoms with Gasteiger partial charge >= 0.3 is 0 Å². The third-order valence-corrected chi connectivity index (χ3v) is 2.71. The first-order valence-electron chi connectivity index (χ1n) is 5.19. The van der Waals surface area contributed by atoms with Crippen LogP contribution in [-0.2, 0) is 4.74 Å². The Labute approximate surface area is 99.1 Å². The van der Waals surface area contributed by atoms with Crippen LogP contribution in [0.4, 0.5) is 0 Å². The van der Waals surface area contributed by atoms with Gasteiger partial charge in [-0.3, -0.25) is 0 Å². The van der Waals surface area contributed by atoms with Crippen molar-refractivity contribution in [1.29, 1.82) is 0 Å². The second-order valence-corrected chi connectivity index (χ2v) is 3.86. The van der Waals surface area contributed by atoms with Crippen molar-refractivity contribution in [1.82, 2.24) is 15.3 Å². The van der Waals surface area contributed by atoms with Crippen molar-refractivity contribution in [2.75, 3.05) is 26.8 Å². The van der Waals surface area contributed by atoms with E-state index in [4.69, 9.17) is 21.1 Å². The molecular formula is C10H14ClN3O2. The molecule has 0 radical (unpaired) electrons. The predicted octanol–water partition coefficient (Wildman–Crippen LogP) is 1.19. The number of nitrogens with zero attached hydrogens (tertiary/aromatic N) is 2. The molecule has 1 N–H and O–H groups in total. The van der Waals surface area contributed by atoms with Gasteiger partial charge < -0.3 is 14.8 Å². The van der Waals surface area contributed by atoms with Gasteiger partial charge in [0, 0.05) is 13.2 Å². The molecule has 16 heavy (non-hydrogen) atoms. The molecule has 0 spiro atoms. The molecule has 88 valence electrons. The summed E-state index contributed by atoms with van der Waals surface area (Å²) in [4.78, 5) is 8.07. The SMILES string of the molecule is COc1c(Cl)ncnc1C1CNCCCO1. The lowest BCUT2D eigenvalue weighted by molar-refractivity contribution is 0.0618. The van der Waals surface area contributed by atoms with Crippen LogP contribution in [0.25, 0.3) is 0 Å². The van der Waals surface area contributed by atoms with Gasteiger partial charge in [0.15, 0.2) is 10.9 Å². The highest BCUT2D eigenvalue weighted by Crippen LogP contribution is 2.30. The Morgan fingerprint density at radius 2 is 2.44 bits per heavy atom. The summed E-state index contributed by atoms with van der Waals surface area (Å²) in [5.74, 6) is 0.498. The monoisotopic (exact) mass is 243 g/mol. The summed E-state index contributed by atoms with van der Waals surface area (Å²) in [6.07, 6.45) is 2.30. The van der Waals surface area contributed by atoms with Gasteiger partial charge in [-0.2, -0.15) is 0 Å². The summed E-state index contributed by atoms with van der Waals surface area (Å²) < 4.78 is 10.9. The van der Waals surface area contributed by atoms with Crippen LogP contribution in [0.2, 0.25) is 5.15 Å². The van der Waals surface area contributed by atoms with E-state index < -0.39 is 0 Å². The topological polar surface area (TPSA) is 56.3 Å². The number of aromatic nitrogens is 2. The van der Waals surface area contributed by atoms with E-state index in [0.717, 1.165) is 13.0 Å². The minimum atomic E-state index is -0.127. The van der Waals surface area contributed by atoms with Crippen molar-refractivity contribution in [3.05, 3.63) is 17.2 Å². The Balaban J connectivity index is 2.27. The first kappa shape index (κ1) is 11.6. The zero-order chi connectivity index (χ0) is 11.4. The fraction of sp³-hybridized carbons (Fsp3) is 0.600. The molecule has 1 fully saturated rings. The lowest BCUT2D eigenvalue weighted by atomic mass is 10.2. The van der Waals surface area contributed by atoms with E-state index >= 15 is 0 Å². The van der Waals surface area contributed by atoms with Gasteiger partial charge in [0.05, 0.1) is 7.11 Å². The molecule has 0 aromatic carbocycles. The summed E-state index contributed by atoms with van der Waals surface area (Å²) in [6.45, 7) is 2.38. The lowest BCUT2D eigenvalue weighted by Crippen LogP contribution is -2.21. The van der Waals surface area contributed by atoms with Crippen LogP contribution in [-0.4, -0.2) is 36.8 Å². The fourth-order valence-corrected chi connectivity index (χ4v) is 1.89. The molecule has 1 aliphatic rings. The maximum Gasteiger partial charge on any atom is 0.180 e. The largest absolute Gasteiger partial charge is 0.492 e. The molecule has 0 bridgehead atoms. The number of methoxy groups -OCH3 is 1. The Morgan fingerprint density at radius 3 is 3.25 bits per heavy atom. The van der Waals surface area contributed by atoms with Crippen LogP contribution in [0.5, 0.6) is 5.75 Å². The average molecular weight is 244 g/mol. The number of rotatable bonds is 2. The summed E-state index contributed by atoms with van der Waals surface area (Å²) in [5, 5.41) is 3.60. The first-order valence-corrected chi connectivity index (χ1v) is 5.57. The van der Waals surface area contributed by atoms with Crippen LogP contribution >= 0.6 is 11.6 Å². The minimum absolute atomic E-state index is 0.127. The molecule has 1 aromatic heterocycles. The van der Waals surface area contributed by atoms with Gasteiger partial charge in [-0.15, -0.1) is 0 Å². The average Bonchev–Trinajstić information content (AvgIpc) is 2.57. The van der Waals surface area contributed by atoms with Crippen LogP contribution < -0.4 is 10.1 Å². The van der Waals surface area contributed by atoms with E-state index in [1.165, 1.54) is 6.33 Å². The first-order chi connectivity index (χ1) is 7.83. The van der Waals surface area contributed by atoms with Gasteiger partial charge in [-0.25, -0.2) is 9.97 Å². The summed E-state index contributed by atoms with van der Waals surface area (Å²) in [5.41, 5.74) is 0.705. The quantitative estimate of drug-likeness (QED) is 0.791. The van der Waals surface area contributed by atoms with Crippen molar-refractivity contribution in [3.63, 3.8) is 0 Å². The number of nitrogens with one attached hydrogen (secondary N) is 1. The highest BCUT2D eigenvalue weighted by atomic mass is 35.5. The van der Waals surface area contributed by atoms with Crippen molar-refractivity contribution in [2.45, 2.75) is 12.5 Å². The highest BCUT2D eigenvalue weighted by Gasteiger charge is 2.22. The number of halogens is 1. The maximum atomic E-state index is 5.94. The second kappa shape index (κ2) is 5.43. The van der Waals surface area contributed by atoms with Gasteiger partial charge in [0.2, 0.25) is 0 Å². The molecule has 1 saturated heterocycles. The number of hydrogen-bond donors (Lipinski definition) is 1. The van der Waals surface area contributed by atoms with E-state index in [1.807, 2.05) is 0 Å². The molecular weight excluding hydrogens is 230 g/mol.